The molecule has 1 aromatic heterocycles. The van der Waals surface area contributed by atoms with E-state index in [0.29, 0.717) is 18.4 Å². The van der Waals surface area contributed by atoms with E-state index in [0.717, 1.165) is 0 Å². The molecule has 0 aliphatic carbocycles. The van der Waals surface area contributed by atoms with E-state index in [1.807, 2.05) is 20.8 Å². The van der Waals surface area contributed by atoms with Gasteiger partial charge in [-0.1, -0.05) is 19.8 Å². The summed E-state index contributed by atoms with van der Waals surface area (Å²) < 4.78 is 5.11. The third-order valence-corrected chi connectivity index (χ3v) is 3.16. The standard InChI is InChI=1S/C14H18N4O2/c1-5-10(4)16-13-15-7-6-12(17-13)18-11(9(2)3)8-20-14(18)19/h1,6-7,9-11H,8H2,2-4H3,(H,15,16,17)/t10-,11?/m0/s1. The molecule has 20 heavy (non-hydrogen) atoms. The van der Waals surface area contributed by atoms with E-state index in [-0.39, 0.29) is 24.1 Å². The smallest absolute Gasteiger partial charge is 0.415 e. The van der Waals surface area contributed by atoms with Crippen molar-refractivity contribution in [1.29, 1.82) is 0 Å². The molecule has 1 unspecified atom stereocenters. The van der Waals surface area contributed by atoms with Gasteiger partial charge in [-0.05, 0) is 18.9 Å². The van der Waals surface area contributed by atoms with E-state index in [1.165, 1.54) is 0 Å². The molecule has 6 heteroatoms. The molecule has 1 N–H and O–H groups in total. The first kappa shape index (κ1) is 14.1. The molecule has 0 aromatic carbocycles. The summed E-state index contributed by atoms with van der Waals surface area (Å²) in [5, 5.41) is 2.98. The van der Waals surface area contributed by atoms with Crippen molar-refractivity contribution in [3.63, 3.8) is 0 Å². The number of anilines is 2. The SMILES string of the molecule is C#C[C@H](C)Nc1nccc(N2C(=O)OCC2C(C)C)n1. The molecular weight excluding hydrogens is 256 g/mol. The average molecular weight is 274 g/mol. The van der Waals surface area contributed by atoms with E-state index in [1.54, 1.807) is 17.2 Å². The van der Waals surface area contributed by atoms with Crippen molar-refractivity contribution in [3.8, 4) is 12.3 Å². The molecule has 0 radical (unpaired) electrons. The molecule has 1 saturated heterocycles. The van der Waals surface area contributed by atoms with Gasteiger partial charge in [-0.2, -0.15) is 4.98 Å². The lowest BCUT2D eigenvalue weighted by atomic mass is 10.0. The highest BCUT2D eigenvalue weighted by molar-refractivity contribution is 5.89. The number of hydrogen-bond acceptors (Lipinski definition) is 5. The molecule has 1 aromatic rings. The molecule has 2 heterocycles. The predicted octanol–water partition coefficient (Wildman–Crippen LogP) is 1.89. The van der Waals surface area contributed by atoms with Gasteiger partial charge in [-0.25, -0.2) is 9.78 Å². The summed E-state index contributed by atoms with van der Waals surface area (Å²) in [7, 11) is 0. The number of terminal acetylenes is 1. The molecule has 1 fully saturated rings. The fourth-order valence-electron chi connectivity index (χ4n) is 1.98. The number of amides is 1. The van der Waals surface area contributed by atoms with Gasteiger partial charge < -0.3 is 10.1 Å². The third kappa shape index (κ3) is 2.82. The zero-order chi connectivity index (χ0) is 14.7. The minimum absolute atomic E-state index is 0.0182. The Morgan fingerprint density at radius 2 is 2.30 bits per heavy atom. The minimum Gasteiger partial charge on any atom is -0.447 e. The number of carbonyl (C=O) groups excluding carboxylic acids is 1. The van der Waals surface area contributed by atoms with Gasteiger partial charge in [-0.15, -0.1) is 6.42 Å². The molecule has 2 atom stereocenters. The van der Waals surface area contributed by atoms with Crippen molar-refractivity contribution < 1.29 is 9.53 Å². The predicted molar refractivity (Wildman–Crippen MR) is 76.4 cm³/mol. The lowest BCUT2D eigenvalue weighted by Crippen LogP contribution is -2.37. The molecule has 1 aliphatic rings. The summed E-state index contributed by atoms with van der Waals surface area (Å²) in [5.74, 6) is 3.74. The Morgan fingerprint density at radius 1 is 1.55 bits per heavy atom. The molecule has 2 rings (SSSR count). The van der Waals surface area contributed by atoms with Crippen LogP contribution in [0.25, 0.3) is 0 Å². The van der Waals surface area contributed by atoms with Crippen LogP contribution in [0.1, 0.15) is 20.8 Å². The molecule has 0 bridgehead atoms. The number of carbonyl (C=O) groups is 1. The van der Waals surface area contributed by atoms with Gasteiger partial charge >= 0.3 is 6.09 Å². The van der Waals surface area contributed by atoms with Gasteiger partial charge in [0.1, 0.15) is 12.4 Å². The maximum absolute atomic E-state index is 11.9. The number of aromatic nitrogens is 2. The molecule has 106 valence electrons. The van der Waals surface area contributed by atoms with Crippen molar-refractivity contribution in [3.05, 3.63) is 12.3 Å². The van der Waals surface area contributed by atoms with E-state index < -0.39 is 0 Å². The number of nitrogens with one attached hydrogen (secondary N) is 1. The normalized spacial score (nSPS) is 19.6. The molecule has 6 nitrogen and oxygen atoms in total. The van der Waals surface area contributed by atoms with Crippen molar-refractivity contribution in [1.82, 2.24) is 9.97 Å². The second-order valence-corrected chi connectivity index (χ2v) is 5.03. The summed E-state index contributed by atoms with van der Waals surface area (Å²) in [6.07, 6.45) is 6.53. The number of nitrogens with zero attached hydrogens (tertiary/aromatic N) is 3. The zero-order valence-corrected chi connectivity index (χ0v) is 11.8. The second-order valence-electron chi connectivity index (χ2n) is 5.03. The monoisotopic (exact) mass is 274 g/mol. The van der Waals surface area contributed by atoms with Gasteiger partial charge in [0, 0.05) is 6.20 Å². The number of rotatable bonds is 4. The lowest BCUT2D eigenvalue weighted by molar-refractivity contribution is 0.177. The fourth-order valence-corrected chi connectivity index (χ4v) is 1.98. The highest BCUT2D eigenvalue weighted by Crippen LogP contribution is 2.25. The molecule has 0 saturated carbocycles. The van der Waals surface area contributed by atoms with Crippen LogP contribution in [0.15, 0.2) is 12.3 Å². The first-order valence-corrected chi connectivity index (χ1v) is 6.54. The maximum Gasteiger partial charge on any atom is 0.415 e. The quantitative estimate of drug-likeness (QED) is 0.849. The van der Waals surface area contributed by atoms with E-state index in [2.05, 4.69) is 21.2 Å². The first-order valence-electron chi connectivity index (χ1n) is 6.54. The Hall–Kier alpha value is -2.29. The molecule has 1 amide bonds. The molecule has 1 aliphatic heterocycles. The number of cyclic esters (lactones) is 1. The Morgan fingerprint density at radius 3 is 2.95 bits per heavy atom. The molecule has 0 spiro atoms. The molecular formula is C14H18N4O2. The van der Waals surface area contributed by atoms with Crippen LogP contribution in [-0.2, 0) is 4.74 Å². The zero-order valence-electron chi connectivity index (χ0n) is 11.8. The van der Waals surface area contributed by atoms with E-state index >= 15 is 0 Å². The largest absolute Gasteiger partial charge is 0.447 e. The Balaban J connectivity index is 2.26. The topological polar surface area (TPSA) is 67.4 Å². The van der Waals surface area contributed by atoms with Crippen LogP contribution < -0.4 is 10.2 Å². The Bertz CT molecular complexity index is 538. The summed E-state index contributed by atoms with van der Waals surface area (Å²) in [6, 6.07) is 1.49. The summed E-state index contributed by atoms with van der Waals surface area (Å²) >= 11 is 0. The van der Waals surface area contributed by atoms with Gasteiger partial charge in [-0.3, -0.25) is 4.90 Å². The first-order chi connectivity index (χ1) is 9.52. The van der Waals surface area contributed by atoms with Crippen LogP contribution in [0.3, 0.4) is 0 Å². The second kappa shape index (κ2) is 5.78. The van der Waals surface area contributed by atoms with Crippen LogP contribution in [0.5, 0.6) is 0 Å². The van der Waals surface area contributed by atoms with Crippen LogP contribution in [0, 0.1) is 18.3 Å². The maximum atomic E-state index is 11.9. The van der Waals surface area contributed by atoms with Crippen molar-refractivity contribution in [2.45, 2.75) is 32.9 Å². The minimum atomic E-state index is -0.377. The van der Waals surface area contributed by atoms with Gasteiger partial charge in [0.2, 0.25) is 5.95 Å². The lowest BCUT2D eigenvalue weighted by Gasteiger charge is -2.23. The third-order valence-electron chi connectivity index (χ3n) is 3.16. The van der Waals surface area contributed by atoms with Crippen LogP contribution in [0.4, 0.5) is 16.6 Å². The van der Waals surface area contributed by atoms with Gasteiger partial charge in [0.25, 0.3) is 0 Å². The van der Waals surface area contributed by atoms with E-state index in [4.69, 9.17) is 11.2 Å². The number of ether oxygens (including phenoxy) is 1. The average Bonchev–Trinajstić information content (AvgIpc) is 2.81. The van der Waals surface area contributed by atoms with Crippen LogP contribution in [-0.4, -0.2) is 34.8 Å². The van der Waals surface area contributed by atoms with E-state index in [9.17, 15) is 4.79 Å². The summed E-state index contributed by atoms with van der Waals surface area (Å²) in [4.78, 5) is 21.9. The van der Waals surface area contributed by atoms with Crippen molar-refractivity contribution in [2.75, 3.05) is 16.8 Å². The van der Waals surface area contributed by atoms with Gasteiger partial charge in [0.15, 0.2) is 0 Å². The summed E-state index contributed by atoms with van der Waals surface area (Å²) in [5.41, 5.74) is 0. The van der Waals surface area contributed by atoms with Crippen molar-refractivity contribution in [2.24, 2.45) is 5.92 Å². The summed E-state index contributed by atoms with van der Waals surface area (Å²) in [6.45, 7) is 6.29. The Kier molecular flexibility index (Phi) is 4.08. The van der Waals surface area contributed by atoms with Crippen molar-refractivity contribution >= 4 is 17.9 Å². The highest BCUT2D eigenvalue weighted by atomic mass is 16.6. The number of hydrogen-bond donors (Lipinski definition) is 1. The Labute approximate surface area is 118 Å². The fraction of sp³-hybridized carbons (Fsp3) is 0.500. The highest BCUT2D eigenvalue weighted by Gasteiger charge is 2.37. The van der Waals surface area contributed by atoms with Gasteiger partial charge in [0.05, 0.1) is 12.1 Å². The van der Waals surface area contributed by atoms with Crippen LogP contribution in [0.2, 0.25) is 0 Å². The van der Waals surface area contributed by atoms with Crippen LogP contribution >= 0.6 is 0 Å².